The first-order valence-electron chi connectivity index (χ1n) is 7.06. The Labute approximate surface area is 138 Å². The largest absolute Gasteiger partial charge is 0.497 e. The number of hydrogen-bond donors (Lipinski definition) is 3. The highest BCUT2D eigenvalue weighted by Gasteiger charge is 2.33. The molecular formula is C14H18ClN3O3S. The molecule has 0 saturated carbocycles. The van der Waals surface area contributed by atoms with E-state index >= 15 is 0 Å². The molecule has 22 heavy (non-hydrogen) atoms. The lowest BCUT2D eigenvalue weighted by atomic mass is 10.2. The van der Waals surface area contributed by atoms with E-state index in [1.165, 1.54) is 11.8 Å². The Morgan fingerprint density at radius 3 is 3.05 bits per heavy atom. The summed E-state index contributed by atoms with van der Waals surface area (Å²) in [6.07, 6.45) is 0.731. The fourth-order valence-electron chi connectivity index (χ4n) is 2.40. The molecule has 2 heterocycles. The lowest BCUT2D eigenvalue weighted by Gasteiger charge is -2.16. The molecule has 8 heteroatoms. The minimum absolute atomic E-state index is 0.0239. The van der Waals surface area contributed by atoms with E-state index < -0.39 is 6.35 Å². The number of alkyl halides is 1. The fraction of sp³-hybridized carbons (Fsp3) is 0.500. The van der Waals surface area contributed by atoms with Crippen LogP contribution >= 0.6 is 23.4 Å². The third kappa shape index (κ3) is 3.67. The van der Waals surface area contributed by atoms with Gasteiger partial charge < -0.3 is 14.8 Å². The van der Waals surface area contributed by atoms with E-state index in [-0.39, 0.29) is 22.1 Å². The summed E-state index contributed by atoms with van der Waals surface area (Å²) in [5.41, 5.74) is 6.84. The summed E-state index contributed by atoms with van der Waals surface area (Å²) < 4.78 is 11.0. The summed E-state index contributed by atoms with van der Waals surface area (Å²) in [5, 5.41) is 2.72. The summed E-state index contributed by atoms with van der Waals surface area (Å²) in [6.45, 7) is 0. The lowest BCUT2D eigenvalue weighted by molar-refractivity contribution is -0.125. The van der Waals surface area contributed by atoms with Crippen molar-refractivity contribution in [1.29, 1.82) is 0 Å². The minimum atomic E-state index is -0.571. The average molecular weight is 344 g/mol. The van der Waals surface area contributed by atoms with Crippen LogP contribution in [0.5, 0.6) is 5.75 Å². The highest BCUT2D eigenvalue weighted by molar-refractivity contribution is 8.02. The number of benzene rings is 1. The minimum Gasteiger partial charge on any atom is -0.497 e. The van der Waals surface area contributed by atoms with E-state index in [0.717, 1.165) is 24.2 Å². The van der Waals surface area contributed by atoms with Gasteiger partial charge in [0.1, 0.15) is 5.75 Å². The van der Waals surface area contributed by atoms with Gasteiger partial charge in [0.05, 0.1) is 17.1 Å². The van der Waals surface area contributed by atoms with Crippen LogP contribution < -0.4 is 20.9 Å². The van der Waals surface area contributed by atoms with Crippen LogP contribution in [0, 0.1) is 0 Å². The van der Waals surface area contributed by atoms with Crippen molar-refractivity contribution in [2.24, 2.45) is 0 Å². The molecule has 3 rings (SSSR count). The lowest BCUT2D eigenvalue weighted by Crippen LogP contribution is -2.47. The van der Waals surface area contributed by atoms with E-state index in [1.807, 2.05) is 24.3 Å². The molecule has 1 aromatic rings. The molecule has 0 aromatic heterocycles. The fourth-order valence-corrected chi connectivity index (χ4v) is 3.99. The second kappa shape index (κ2) is 7.06. The molecule has 120 valence electrons. The number of carbonyl (C=O) groups is 1. The van der Waals surface area contributed by atoms with Crippen molar-refractivity contribution in [2.75, 3.05) is 7.11 Å². The Morgan fingerprint density at radius 1 is 1.45 bits per heavy atom. The van der Waals surface area contributed by atoms with E-state index in [2.05, 4.69) is 16.2 Å². The first-order valence-corrected chi connectivity index (χ1v) is 8.44. The van der Waals surface area contributed by atoms with Crippen molar-refractivity contribution >= 4 is 29.3 Å². The zero-order chi connectivity index (χ0) is 15.5. The molecule has 4 unspecified atom stereocenters. The van der Waals surface area contributed by atoms with Crippen LogP contribution in [0.3, 0.4) is 0 Å². The molecule has 2 fully saturated rings. The molecular weight excluding hydrogens is 326 g/mol. The molecule has 6 nitrogen and oxygen atoms in total. The zero-order valence-electron chi connectivity index (χ0n) is 12.0. The summed E-state index contributed by atoms with van der Waals surface area (Å²) in [5.74, 6) is 0.699. The first-order chi connectivity index (χ1) is 10.7. The highest BCUT2D eigenvalue weighted by atomic mass is 35.5. The Hall–Kier alpha value is -0.990. The Kier molecular flexibility index (Phi) is 5.10. The molecule has 1 aromatic carbocycles. The molecule has 2 aliphatic heterocycles. The highest BCUT2D eigenvalue weighted by Crippen LogP contribution is 2.36. The van der Waals surface area contributed by atoms with Crippen molar-refractivity contribution in [3.8, 4) is 5.75 Å². The number of carbonyl (C=O) groups excluding carboxylic acids is 1. The van der Waals surface area contributed by atoms with Gasteiger partial charge in [0, 0.05) is 5.56 Å². The second-order valence-corrected chi connectivity index (χ2v) is 7.28. The monoisotopic (exact) mass is 343 g/mol. The normalized spacial score (nSPS) is 31.2. The number of hydrazine groups is 1. The van der Waals surface area contributed by atoms with E-state index in [1.54, 1.807) is 7.11 Å². The van der Waals surface area contributed by atoms with E-state index in [9.17, 15) is 4.79 Å². The Balaban J connectivity index is 1.54. The van der Waals surface area contributed by atoms with Gasteiger partial charge in [-0.05, 0) is 25.0 Å². The molecule has 0 spiro atoms. The Morgan fingerprint density at radius 2 is 2.32 bits per heavy atom. The maximum atomic E-state index is 12.1. The number of rotatable bonds is 4. The summed E-state index contributed by atoms with van der Waals surface area (Å²) in [4.78, 5) is 12.1. The van der Waals surface area contributed by atoms with Gasteiger partial charge in [-0.25, -0.2) is 10.9 Å². The van der Waals surface area contributed by atoms with Crippen molar-refractivity contribution in [2.45, 2.75) is 35.4 Å². The second-order valence-electron chi connectivity index (χ2n) is 5.08. The Bertz CT molecular complexity index is 548. The standard InChI is InChI=1S/C14H18ClN3O3S/c1-20-9-4-2-3-8(7-9)13-17-18-14(21-13)16-12(19)10-5-6-11(15)22-10/h2-4,7,10-11,13-14,17-18H,5-6H2,1H3,(H,16,19). The molecule has 4 atom stereocenters. The topological polar surface area (TPSA) is 71.6 Å². The van der Waals surface area contributed by atoms with Gasteiger partial charge in [0.25, 0.3) is 0 Å². The van der Waals surface area contributed by atoms with Gasteiger partial charge in [-0.2, -0.15) is 0 Å². The summed E-state index contributed by atoms with van der Waals surface area (Å²) in [7, 11) is 1.62. The predicted octanol–water partition coefficient (Wildman–Crippen LogP) is 1.68. The molecule has 2 saturated heterocycles. The van der Waals surface area contributed by atoms with Crippen LogP contribution in [-0.4, -0.2) is 29.3 Å². The van der Waals surface area contributed by atoms with Crippen molar-refractivity contribution in [1.82, 2.24) is 16.2 Å². The number of methoxy groups -OCH3 is 1. The van der Waals surface area contributed by atoms with Gasteiger partial charge in [0.15, 0.2) is 6.23 Å². The van der Waals surface area contributed by atoms with E-state index in [0.29, 0.717) is 0 Å². The maximum Gasteiger partial charge on any atom is 0.236 e. The summed E-state index contributed by atoms with van der Waals surface area (Å²) in [6, 6.07) is 7.57. The van der Waals surface area contributed by atoms with Crippen molar-refractivity contribution in [3.63, 3.8) is 0 Å². The van der Waals surface area contributed by atoms with Gasteiger partial charge >= 0.3 is 0 Å². The van der Waals surface area contributed by atoms with Gasteiger partial charge in [-0.15, -0.1) is 23.4 Å². The molecule has 0 radical (unpaired) electrons. The number of thioether (sulfide) groups is 1. The number of hydrogen-bond acceptors (Lipinski definition) is 6. The number of halogens is 1. The van der Waals surface area contributed by atoms with Gasteiger partial charge in [0.2, 0.25) is 12.3 Å². The van der Waals surface area contributed by atoms with Crippen molar-refractivity contribution in [3.05, 3.63) is 29.8 Å². The van der Waals surface area contributed by atoms with Crippen molar-refractivity contribution < 1.29 is 14.3 Å². The third-order valence-corrected chi connectivity index (χ3v) is 5.38. The SMILES string of the molecule is COc1cccc(C2NNC(NC(=O)C3CCC(Cl)S3)O2)c1. The summed E-state index contributed by atoms with van der Waals surface area (Å²) >= 11 is 7.50. The molecule has 0 bridgehead atoms. The van der Waals surface area contributed by atoms with E-state index in [4.69, 9.17) is 21.1 Å². The quantitative estimate of drug-likeness (QED) is 0.722. The maximum absolute atomic E-state index is 12.1. The smallest absolute Gasteiger partial charge is 0.236 e. The molecule has 1 amide bonds. The van der Waals surface area contributed by atoms with Gasteiger partial charge in [-0.1, -0.05) is 12.1 Å². The van der Waals surface area contributed by atoms with Crippen LogP contribution in [0.15, 0.2) is 24.3 Å². The van der Waals surface area contributed by atoms with Crippen LogP contribution in [0.25, 0.3) is 0 Å². The predicted molar refractivity (Wildman–Crippen MR) is 85.3 cm³/mol. The van der Waals surface area contributed by atoms with Gasteiger partial charge in [-0.3, -0.25) is 4.79 Å². The third-order valence-electron chi connectivity index (χ3n) is 3.55. The van der Waals surface area contributed by atoms with Crippen LogP contribution in [0.1, 0.15) is 24.6 Å². The first kappa shape index (κ1) is 15.9. The molecule has 2 aliphatic rings. The number of nitrogens with one attached hydrogen (secondary N) is 3. The number of ether oxygens (including phenoxy) is 2. The zero-order valence-corrected chi connectivity index (χ0v) is 13.6. The van der Waals surface area contributed by atoms with Crippen LogP contribution in [0.2, 0.25) is 0 Å². The van der Waals surface area contributed by atoms with Crippen LogP contribution in [0.4, 0.5) is 0 Å². The molecule has 0 aliphatic carbocycles. The molecule has 3 N–H and O–H groups in total. The van der Waals surface area contributed by atoms with Crippen LogP contribution in [-0.2, 0) is 9.53 Å². The number of amides is 1. The average Bonchev–Trinajstić information content (AvgIpc) is 3.16.